The van der Waals surface area contributed by atoms with Gasteiger partial charge >= 0.3 is 5.97 Å². The van der Waals surface area contributed by atoms with Crippen molar-refractivity contribution in [3.63, 3.8) is 0 Å². The van der Waals surface area contributed by atoms with Gasteiger partial charge in [0.1, 0.15) is 47.8 Å². The van der Waals surface area contributed by atoms with E-state index in [2.05, 4.69) is 31.6 Å². The van der Waals surface area contributed by atoms with Gasteiger partial charge in [-0.1, -0.05) is 42.5 Å². The van der Waals surface area contributed by atoms with E-state index in [1.54, 1.807) is 36.7 Å². The number of hydrogen-bond acceptors (Lipinski definition) is 12. The number of para-hydroxylation sites is 1. The Morgan fingerprint density at radius 1 is 0.754 bits per heavy atom. The lowest BCUT2D eigenvalue weighted by Gasteiger charge is -2.30. The van der Waals surface area contributed by atoms with E-state index in [0.29, 0.717) is 23.3 Å². The number of aliphatic hydroxyl groups excluding tert-OH is 1. The topological polar surface area (TPSA) is 306 Å². The van der Waals surface area contributed by atoms with Gasteiger partial charge in [-0.15, -0.1) is 0 Å². The molecule has 1 aliphatic heterocycles. The van der Waals surface area contributed by atoms with Crippen LogP contribution in [0.1, 0.15) is 42.9 Å². The van der Waals surface area contributed by atoms with Gasteiger partial charge in [-0.25, -0.2) is 4.79 Å². The number of aliphatic hydroxyl groups is 1. The smallest absolute Gasteiger partial charge is 0.326 e. The number of nitrogens with one attached hydrogen (secondary N) is 6. The standard InChI is InChI=1S/C45H56N8O11S/c1-25(48-41(59)35(20-26-9-13-29(55)14-10-26)50-40(58)32(46)22-28-23-47-33-7-4-3-6-31(28)33)39(57)51-36(21-27-11-15-30(56)16-12-27)44(62)53-18-5-8-38(53)43(61)52-37(24-54)42(60)49-34(45(63)64)17-19-65-2/h3-4,6-7,9-16,23,25,32,34-38,47,54-56H,5,8,17-22,24,46H2,1-2H3,(H,48,59)(H,49,60)(H,50,58)(H,51,57)(H,52,61)(H,63,64)/t25-,32-,34-,35-,36-,37-,38-/m0/s1. The summed E-state index contributed by atoms with van der Waals surface area (Å²) in [5, 5.41) is 53.0. The molecule has 1 aliphatic rings. The third-order valence-corrected chi connectivity index (χ3v) is 11.7. The van der Waals surface area contributed by atoms with Crippen LogP contribution >= 0.6 is 11.8 Å². The van der Waals surface area contributed by atoms with Gasteiger partial charge < -0.3 is 62.6 Å². The minimum Gasteiger partial charge on any atom is -0.508 e. The molecular formula is C45H56N8O11S. The predicted molar refractivity (Wildman–Crippen MR) is 241 cm³/mol. The van der Waals surface area contributed by atoms with Crippen LogP contribution in [0.5, 0.6) is 11.5 Å². The van der Waals surface area contributed by atoms with Crippen LogP contribution in [-0.4, -0.2) is 139 Å². The first-order chi connectivity index (χ1) is 31.1. The number of nitrogens with two attached hydrogens (primary N) is 1. The molecule has 2 heterocycles. The number of hydrogen-bond donors (Lipinski definition) is 11. The molecular weight excluding hydrogens is 861 g/mol. The van der Waals surface area contributed by atoms with Crippen LogP contribution in [-0.2, 0) is 52.8 Å². The molecule has 1 aromatic heterocycles. The number of thioether (sulfide) groups is 1. The van der Waals surface area contributed by atoms with E-state index in [1.165, 1.54) is 47.9 Å². The van der Waals surface area contributed by atoms with Gasteiger partial charge in [0.05, 0.1) is 12.6 Å². The summed E-state index contributed by atoms with van der Waals surface area (Å²) in [5.74, 6) is -5.42. The second kappa shape index (κ2) is 23.3. The lowest BCUT2D eigenvalue weighted by atomic mass is 10.0. The molecule has 65 heavy (non-hydrogen) atoms. The molecule has 1 saturated heterocycles. The minimum atomic E-state index is -1.52. The molecule has 348 valence electrons. The first kappa shape index (κ1) is 49.4. The summed E-state index contributed by atoms with van der Waals surface area (Å²) in [6.45, 7) is 0.630. The highest BCUT2D eigenvalue weighted by molar-refractivity contribution is 7.98. The Morgan fingerprint density at radius 3 is 1.95 bits per heavy atom. The minimum absolute atomic E-state index is 0.00733. The number of aromatic nitrogens is 1. The summed E-state index contributed by atoms with van der Waals surface area (Å²) >= 11 is 1.38. The van der Waals surface area contributed by atoms with Crippen LogP contribution in [0.25, 0.3) is 10.9 Å². The number of carbonyl (C=O) groups is 7. The number of H-pyrrole nitrogens is 1. The monoisotopic (exact) mass is 916 g/mol. The molecule has 0 radical (unpaired) electrons. The number of benzene rings is 3. The number of aromatic amines is 1. The van der Waals surface area contributed by atoms with Crippen LogP contribution in [0.3, 0.4) is 0 Å². The largest absolute Gasteiger partial charge is 0.508 e. The molecule has 0 saturated carbocycles. The maximum absolute atomic E-state index is 14.3. The van der Waals surface area contributed by atoms with Crippen LogP contribution in [0.15, 0.2) is 79.0 Å². The second-order valence-electron chi connectivity index (χ2n) is 15.9. The van der Waals surface area contributed by atoms with Crippen LogP contribution < -0.4 is 32.3 Å². The summed E-state index contributed by atoms with van der Waals surface area (Å²) in [5.41, 5.74) is 9.13. The van der Waals surface area contributed by atoms with Gasteiger partial charge in [-0.05, 0) is 91.6 Å². The van der Waals surface area contributed by atoms with Crippen molar-refractivity contribution in [2.24, 2.45) is 5.73 Å². The van der Waals surface area contributed by atoms with E-state index in [9.17, 15) is 54.0 Å². The number of phenolic OH excluding ortho intramolecular Hbond substituents is 2. The fourth-order valence-electron chi connectivity index (χ4n) is 7.46. The highest BCUT2D eigenvalue weighted by Crippen LogP contribution is 2.22. The molecule has 6 amide bonds. The number of aliphatic carboxylic acids is 1. The van der Waals surface area contributed by atoms with Gasteiger partial charge in [-0.3, -0.25) is 28.8 Å². The van der Waals surface area contributed by atoms with E-state index in [4.69, 9.17) is 5.73 Å². The molecule has 12 N–H and O–H groups in total. The van der Waals surface area contributed by atoms with Gasteiger partial charge in [0, 0.05) is 36.5 Å². The molecule has 1 fully saturated rings. The van der Waals surface area contributed by atoms with Gasteiger partial charge in [0.15, 0.2) is 0 Å². The summed E-state index contributed by atoms with van der Waals surface area (Å²) in [7, 11) is 0. The highest BCUT2D eigenvalue weighted by Gasteiger charge is 2.40. The fraction of sp³-hybridized carbons (Fsp3) is 0.400. The van der Waals surface area contributed by atoms with Crippen molar-refractivity contribution >= 4 is 64.1 Å². The maximum Gasteiger partial charge on any atom is 0.326 e. The number of carboxylic acids is 1. The number of carboxylic acid groups (broad SMARTS) is 1. The summed E-state index contributed by atoms with van der Waals surface area (Å²) in [4.78, 5) is 98.4. The lowest BCUT2D eigenvalue weighted by molar-refractivity contribution is -0.144. The molecule has 4 aromatic rings. The number of amides is 6. The van der Waals surface area contributed by atoms with Crippen molar-refractivity contribution < 1.29 is 54.0 Å². The molecule has 0 aliphatic carbocycles. The summed E-state index contributed by atoms with van der Waals surface area (Å²) in [6.07, 6.45) is 4.21. The third-order valence-electron chi connectivity index (χ3n) is 11.1. The Hall–Kier alpha value is -6.64. The molecule has 7 atom stereocenters. The SMILES string of the molecule is CSCC[C@H](NC(=O)[C@H](CO)NC(=O)[C@@H]1CCCN1C(=O)[C@H](Cc1ccc(O)cc1)NC(=O)[C@H](C)NC(=O)[C@H](Cc1ccc(O)cc1)NC(=O)[C@@H](N)Cc1c[nH]c2ccccc12)C(=O)O. The van der Waals surface area contributed by atoms with Crippen LogP contribution in [0.2, 0.25) is 0 Å². The molecule has 0 bridgehead atoms. The first-order valence-corrected chi connectivity index (χ1v) is 22.5. The van der Waals surface area contributed by atoms with Crippen molar-refractivity contribution in [1.82, 2.24) is 36.5 Å². The highest BCUT2D eigenvalue weighted by atomic mass is 32.2. The Bertz CT molecular complexity index is 2310. The molecule has 0 spiro atoms. The lowest BCUT2D eigenvalue weighted by Crippen LogP contribution is -2.60. The van der Waals surface area contributed by atoms with Crippen molar-refractivity contribution in [3.8, 4) is 11.5 Å². The average Bonchev–Trinajstić information content (AvgIpc) is 3.95. The molecule has 0 unspecified atom stereocenters. The number of phenols is 2. The Morgan fingerprint density at radius 2 is 1.34 bits per heavy atom. The zero-order valence-corrected chi connectivity index (χ0v) is 36.8. The Balaban J connectivity index is 1.29. The van der Waals surface area contributed by atoms with E-state index in [1.807, 2.05) is 24.3 Å². The quantitative estimate of drug-likeness (QED) is 0.0503. The number of fused-ring (bicyclic) bond motifs is 1. The van der Waals surface area contributed by atoms with Gasteiger partial charge in [0.25, 0.3) is 0 Å². The Kier molecular flexibility index (Phi) is 17.7. The zero-order valence-electron chi connectivity index (χ0n) is 36.0. The van der Waals surface area contributed by atoms with Crippen LogP contribution in [0, 0.1) is 0 Å². The molecule has 5 rings (SSSR count). The van der Waals surface area contributed by atoms with Crippen LogP contribution in [0.4, 0.5) is 0 Å². The predicted octanol–water partition coefficient (Wildman–Crippen LogP) is 0.199. The third kappa shape index (κ3) is 13.7. The van der Waals surface area contributed by atoms with E-state index >= 15 is 0 Å². The maximum atomic E-state index is 14.3. The molecule has 20 heteroatoms. The van der Waals surface area contributed by atoms with Crippen molar-refractivity contribution in [2.75, 3.05) is 25.2 Å². The van der Waals surface area contributed by atoms with E-state index in [-0.39, 0.29) is 50.1 Å². The Labute approximate surface area is 379 Å². The fourth-order valence-corrected chi connectivity index (χ4v) is 7.93. The number of nitrogens with zero attached hydrogens (tertiary/aromatic N) is 1. The number of rotatable bonds is 22. The number of likely N-dealkylation sites (tertiary alicyclic amines) is 1. The van der Waals surface area contributed by atoms with Crippen molar-refractivity contribution in [2.45, 2.75) is 87.7 Å². The normalized spacial score (nSPS) is 16.3. The second-order valence-corrected chi connectivity index (χ2v) is 16.9. The van der Waals surface area contributed by atoms with Gasteiger partial charge in [0.2, 0.25) is 35.4 Å². The molecule has 3 aromatic carbocycles. The average molecular weight is 917 g/mol. The number of carbonyl (C=O) groups excluding carboxylic acids is 6. The summed E-state index contributed by atoms with van der Waals surface area (Å²) in [6, 6.07) is 10.7. The van der Waals surface area contributed by atoms with Crippen molar-refractivity contribution in [1.29, 1.82) is 0 Å². The van der Waals surface area contributed by atoms with E-state index in [0.717, 1.165) is 16.5 Å². The summed E-state index contributed by atoms with van der Waals surface area (Å²) < 4.78 is 0. The first-order valence-electron chi connectivity index (χ1n) is 21.1. The van der Waals surface area contributed by atoms with Gasteiger partial charge in [-0.2, -0.15) is 11.8 Å². The zero-order chi connectivity index (χ0) is 47.2. The molecule has 19 nitrogen and oxygen atoms in total. The van der Waals surface area contributed by atoms with E-state index < -0.39 is 90.3 Å². The number of aromatic hydroxyl groups is 2. The van der Waals surface area contributed by atoms with Crippen molar-refractivity contribution in [3.05, 3.63) is 95.7 Å².